The van der Waals surface area contributed by atoms with E-state index in [9.17, 15) is 23.4 Å². The van der Waals surface area contributed by atoms with Crippen molar-refractivity contribution in [3.05, 3.63) is 0 Å². The zero-order chi connectivity index (χ0) is 16.2. The molecule has 0 spiro atoms. The van der Waals surface area contributed by atoms with Crippen LogP contribution in [0.4, 0.5) is 13.2 Å². The molecule has 0 radical (unpaired) electrons. The maximum absolute atomic E-state index is 12.9. The second-order valence-electron chi connectivity index (χ2n) is 4.35. The molecular weight excluding hydrogens is 313 g/mol. The van der Waals surface area contributed by atoms with Gasteiger partial charge in [-0.25, -0.2) is 4.67 Å². The van der Waals surface area contributed by atoms with Gasteiger partial charge in [0.25, 0.3) is 0 Å². The molecule has 3 N–H and O–H groups in total. The molecule has 0 aromatic rings. The lowest BCUT2D eigenvalue weighted by Gasteiger charge is -2.39. The van der Waals surface area contributed by atoms with Gasteiger partial charge in [0, 0.05) is 25.3 Å². The number of rotatable bonds is 3. The van der Waals surface area contributed by atoms with E-state index in [0.29, 0.717) is 5.17 Å². The van der Waals surface area contributed by atoms with Crippen molar-refractivity contribution in [3.63, 3.8) is 0 Å². The average molecular weight is 331 g/mol. The molecule has 0 aromatic heterocycles. The summed E-state index contributed by atoms with van der Waals surface area (Å²) in [6.45, 7) is 3.30. The molecule has 0 amide bonds. The topological polar surface area (TPSA) is 85.1 Å². The third kappa shape index (κ3) is 4.60. The summed E-state index contributed by atoms with van der Waals surface area (Å²) >= 11 is 0.974. The van der Waals surface area contributed by atoms with Gasteiger partial charge in [0.05, 0.1) is 13.2 Å². The van der Waals surface area contributed by atoms with Gasteiger partial charge in [0.1, 0.15) is 17.6 Å². The number of halogens is 3. The molecule has 122 valence electrons. The van der Waals surface area contributed by atoms with Crippen LogP contribution >= 0.6 is 11.8 Å². The minimum atomic E-state index is -4.72. The quantitative estimate of drug-likeness (QED) is 0.367. The van der Waals surface area contributed by atoms with Crippen molar-refractivity contribution in [2.45, 2.75) is 42.4 Å². The predicted molar refractivity (Wildman–Crippen MR) is 73.1 cm³/mol. The largest absolute Gasteiger partial charge is 0.417 e. The molecule has 1 aliphatic heterocycles. The average Bonchev–Trinajstić information content (AvgIpc) is 2.40. The van der Waals surface area contributed by atoms with E-state index in [1.165, 1.54) is 0 Å². The third-order valence-electron chi connectivity index (χ3n) is 2.95. The number of alkyl halides is 3. The van der Waals surface area contributed by atoms with Gasteiger partial charge in [-0.2, -0.15) is 13.2 Å². The second kappa shape index (κ2) is 7.48. The highest BCUT2D eigenvalue weighted by molar-refractivity contribution is 8.14. The van der Waals surface area contributed by atoms with Gasteiger partial charge < -0.3 is 19.7 Å². The third-order valence-corrected chi connectivity index (χ3v) is 4.07. The molecule has 6 nitrogen and oxygen atoms in total. The van der Waals surface area contributed by atoms with Crippen LogP contribution in [0.25, 0.3) is 0 Å². The zero-order valence-corrected chi connectivity index (χ0v) is 12.3. The van der Waals surface area contributed by atoms with Crippen LogP contribution in [0.15, 0.2) is 0 Å². The molecule has 0 unspecified atom stereocenters. The Kier molecular flexibility index (Phi) is 6.51. The lowest BCUT2D eigenvalue weighted by molar-refractivity contribution is -0.276. The number of ether oxygens (including phenoxy) is 2. The summed E-state index contributed by atoms with van der Waals surface area (Å²) in [5, 5.41) is 22.5. The van der Waals surface area contributed by atoms with Crippen LogP contribution in [-0.2, 0) is 9.47 Å². The summed E-state index contributed by atoms with van der Waals surface area (Å²) in [5.41, 5.74) is -0.818. The van der Waals surface area contributed by atoms with Gasteiger partial charge >= 0.3 is 11.3 Å². The molecule has 1 heterocycles. The van der Waals surface area contributed by atoms with E-state index >= 15 is 0 Å². The number of hydrogen-bond acceptors (Lipinski definition) is 5. The molecule has 1 saturated heterocycles. The van der Waals surface area contributed by atoms with E-state index in [2.05, 4.69) is 21.4 Å². The normalized spacial score (nSPS) is 31.4. The minimum absolute atomic E-state index is 0.0443. The van der Waals surface area contributed by atoms with E-state index in [-0.39, 0.29) is 6.42 Å². The summed E-state index contributed by atoms with van der Waals surface area (Å²) in [6.07, 6.45) is -11.9. The molecule has 5 atom stereocenters. The SMILES string of the molecule is C=[N+]=C(NC)S[C@@H]1C[C@@H](O)[C@H](O)[C@@H]([C@@H](OC)C(F)(F)F)O1. The van der Waals surface area contributed by atoms with E-state index in [1.54, 1.807) is 7.05 Å². The van der Waals surface area contributed by atoms with Gasteiger partial charge in [0.15, 0.2) is 12.8 Å². The number of nitrogens with zero attached hydrogens (tertiary/aromatic N) is 1. The Balaban J connectivity index is 2.90. The van der Waals surface area contributed by atoms with Gasteiger partial charge in [-0.1, -0.05) is 0 Å². The maximum Gasteiger partial charge on any atom is 0.417 e. The molecule has 1 fully saturated rings. The van der Waals surface area contributed by atoms with Gasteiger partial charge in [-0.3, -0.25) is 5.32 Å². The highest BCUT2D eigenvalue weighted by atomic mass is 32.2. The Bertz CT molecular complexity index is 403. The molecule has 0 saturated carbocycles. The van der Waals surface area contributed by atoms with Crippen LogP contribution in [0.3, 0.4) is 0 Å². The molecule has 0 bridgehead atoms. The highest BCUT2D eigenvalue weighted by Crippen LogP contribution is 2.35. The van der Waals surface area contributed by atoms with Crippen LogP contribution in [0.1, 0.15) is 6.42 Å². The van der Waals surface area contributed by atoms with Gasteiger partial charge in [-0.15, -0.1) is 0 Å². The van der Waals surface area contributed by atoms with Crippen LogP contribution in [0.5, 0.6) is 0 Å². The molecule has 21 heavy (non-hydrogen) atoms. The van der Waals surface area contributed by atoms with Crippen molar-refractivity contribution in [2.24, 2.45) is 0 Å². The Morgan fingerprint density at radius 1 is 1.52 bits per heavy atom. The predicted octanol–water partition coefficient (Wildman–Crippen LogP) is -0.523. The van der Waals surface area contributed by atoms with E-state index < -0.39 is 36.0 Å². The van der Waals surface area contributed by atoms with Crippen LogP contribution < -0.4 is 9.98 Å². The summed E-state index contributed by atoms with van der Waals surface area (Å²) in [7, 11) is 2.43. The highest BCUT2D eigenvalue weighted by Gasteiger charge is 2.53. The first-order chi connectivity index (χ1) is 9.74. The standard InChI is InChI=1S/C11H17F3N2O4S/c1-15-10(16-2)21-6-4-5(17)7(18)8(20-6)9(19-3)11(12,13)14/h5-9,17-18H,1,4H2,2-3H3/p+1/t5-,6-,7+,8+,9-/m1/s1. The Hall–Kier alpha value is -0.770. The van der Waals surface area contributed by atoms with Crippen molar-refractivity contribution < 1.29 is 32.9 Å². The van der Waals surface area contributed by atoms with Gasteiger partial charge in [-0.05, 0) is 0 Å². The van der Waals surface area contributed by atoms with E-state index in [0.717, 1.165) is 18.9 Å². The van der Waals surface area contributed by atoms with Gasteiger partial charge in [0.2, 0.25) is 0 Å². The monoisotopic (exact) mass is 331 g/mol. The fraction of sp³-hybridized carbons (Fsp3) is 0.818. The Morgan fingerprint density at radius 2 is 2.14 bits per heavy atom. The molecule has 1 aliphatic rings. The first kappa shape index (κ1) is 18.3. The summed E-state index contributed by atoms with van der Waals surface area (Å²) in [5.74, 6) is 0. The summed E-state index contributed by atoms with van der Waals surface area (Å²) in [4.78, 5) is 0. The first-order valence-corrected chi connectivity index (χ1v) is 6.91. The van der Waals surface area contributed by atoms with E-state index in [4.69, 9.17) is 4.74 Å². The number of amidine groups is 1. The first-order valence-electron chi connectivity index (χ1n) is 6.03. The second-order valence-corrected chi connectivity index (χ2v) is 5.50. The number of aliphatic hydroxyl groups excluding tert-OH is 2. The van der Waals surface area contributed by atoms with Crippen LogP contribution in [0, 0.1) is 0 Å². The molecule has 0 aliphatic carbocycles. The molecule has 0 aromatic carbocycles. The molecule has 10 heteroatoms. The van der Waals surface area contributed by atoms with E-state index in [1.807, 2.05) is 0 Å². The zero-order valence-electron chi connectivity index (χ0n) is 11.5. The number of aliphatic hydroxyl groups is 2. The Morgan fingerprint density at radius 3 is 2.57 bits per heavy atom. The fourth-order valence-corrected chi connectivity index (χ4v) is 2.87. The molecule has 1 rings (SSSR count). The van der Waals surface area contributed by atoms with Crippen molar-refractivity contribution in [3.8, 4) is 0 Å². The van der Waals surface area contributed by atoms with Crippen molar-refractivity contribution in [1.29, 1.82) is 0 Å². The lowest BCUT2D eigenvalue weighted by Crippen LogP contribution is -2.57. The van der Waals surface area contributed by atoms with Crippen molar-refractivity contribution >= 4 is 23.6 Å². The number of nitrogens with one attached hydrogen (secondary N) is 1. The van der Waals surface area contributed by atoms with Crippen molar-refractivity contribution in [1.82, 2.24) is 9.98 Å². The summed E-state index contributed by atoms with van der Waals surface area (Å²) < 4.78 is 51.9. The van der Waals surface area contributed by atoms with Crippen molar-refractivity contribution in [2.75, 3.05) is 14.2 Å². The lowest BCUT2D eigenvalue weighted by atomic mass is 9.97. The minimum Gasteiger partial charge on any atom is -0.390 e. The molecular formula is C11H18F3N2O4S+. The number of thioether (sulfide) groups is 1. The fourth-order valence-electron chi connectivity index (χ4n) is 1.95. The summed E-state index contributed by atoms with van der Waals surface area (Å²) in [6, 6.07) is 0. The van der Waals surface area contributed by atoms with Crippen LogP contribution in [0.2, 0.25) is 0 Å². The number of methoxy groups -OCH3 is 1. The van der Waals surface area contributed by atoms with Crippen LogP contribution in [-0.4, -0.2) is 72.3 Å². The number of hydrogen-bond donors (Lipinski definition) is 3. The smallest absolute Gasteiger partial charge is 0.390 e. The Labute approximate surface area is 124 Å². The maximum atomic E-state index is 12.9.